The van der Waals surface area contributed by atoms with Crippen molar-refractivity contribution in [2.24, 2.45) is 0 Å². The van der Waals surface area contributed by atoms with Crippen LogP contribution in [-0.4, -0.2) is 5.91 Å². The van der Waals surface area contributed by atoms with E-state index in [0.29, 0.717) is 18.0 Å². The lowest BCUT2D eigenvalue weighted by atomic mass is 10.1. The minimum Gasteiger partial charge on any atom is -0.488 e. The molecule has 0 fully saturated rings. The van der Waals surface area contributed by atoms with E-state index in [0.717, 1.165) is 26.7 Å². The summed E-state index contributed by atoms with van der Waals surface area (Å²) < 4.78 is 6.74. The molecule has 0 aromatic heterocycles. The molecule has 34 heavy (non-hydrogen) atoms. The van der Waals surface area contributed by atoms with Crippen LogP contribution in [0.1, 0.15) is 22.3 Å². The van der Waals surface area contributed by atoms with Gasteiger partial charge in [-0.3, -0.25) is 4.79 Å². The summed E-state index contributed by atoms with van der Waals surface area (Å²) in [6.45, 7) is 4.42. The summed E-state index contributed by atoms with van der Waals surface area (Å²) in [6.07, 6.45) is 1.56. The van der Waals surface area contributed by atoms with Crippen LogP contribution >= 0.6 is 15.9 Å². The number of amides is 1. The molecule has 0 saturated carbocycles. The van der Waals surface area contributed by atoms with Gasteiger partial charge in [-0.25, -0.2) is 0 Å². The largest absolute Gasteiger partial charge is 0.488 e. The highest BCUT2D eigenvalue weighted by molar-refractivity contribution is 9.10. The number of rotatable bonds is 6. The molecule has 0 aliphatic heterocycles. The molecule has 0 aliphatic rings. The minimum absolute atomic E-state index is 0.0231. The number of hydrogen-bond acceptors (Lipinski definition) is 3. The van der Waals surface area contributed by atoms with E-state index in [1.807, 2.05) is 68.4 Å². The Balaban J connectivity index is 1.45. The van der Waals surface area contributed by atoms with Crippen LogP contribution in [0.4, 0.5) is 5.69 Å². The molecule has 0 saturated heterocycles. The lowest BCUT2D eigenvalue weighted by Crippen LogP contribution is -2.13. The van der Waals surface area contributed by atoms with Gasteiger partial charge in [0.1, 0.15) is 24.0 Å². The van der Waals surface area contributed by atoms with E-state index in [4.69, 9.17) is 4.74 Å². The van der Waals surface area contributed by atoms with E-state index < -0.39 is 5.91 Å². The Bertz CT molecular complexity index is 1450. The zero-order valence-electron chi connectivity index (χ0n) is 18.9. The number of fused-ring (bicyclic) bond motifs is 1. The molecular weight excluding hydrogens is 488 g/mol. The van der Waals surface area contributed by atoms with Crippen molar-refractivity contribution < 1.29 is 9.53 Å². The van der Waals surface area contributed by atoms with Crippen molar-refractivity contribution in [2.75, 3.05) is 5.32 Å². The number of hydrogen-bond donors (Lipinski definition) is 1. The Morgan fingerprint density at radius 2 is 1.76 bits per heavy atom. The van der Waals surface area contributed by atoms with Gasteiger partial charge in [0.05, 0.1) is 4.47 Å². The number of benzene rings is 4. The van der Waals surface area contributed by atoms with E-state index in [2.05, 4.69) is 51.6 Å². The molecule has 0 radical (unpaired) electrons. The first-order valence-electron chi connectivity index (χ1n) is 10.8. The van der Waals surface area contributed by atoms with E-state index in [-0.39, 0.29) is 5.57 Å². The molecule has 1 N–H and O–H groups in total. The van der Waals surface area contributed by atoms with Gasteiger partial charge in [-0.2, -0.15) is 5.26 Å². The molecule has 0 atom stereocenters. The average Bonchev–Trinajstić information content (AvgIpc) is 2.84. The molecule has 0 aliphatic carbocycles. The zero-order valence-corrected chi connectivity index (χ0v) is 20.5. The Kier molecular flexibility index (Phi) is 7.10. The van der Waals surface area contributed by atoms with Gasteiger partial charge in [0.15, 0.2) is 0 Å². The molecule has 5 heteroatoms. The predicted molar refractivity (Wildman–Crippen MR) is 141 cm³/mol. The van der Waals surface area contributed by atoms with Crippen molar-refractivity contribution >= 4 is 44.4 Å². The van der Waals surface area contributed by atoms with E-state index in [9.17, 15) is 10.1 Å². The quantitative estimate of drug-likeness (QED) is 0.218. The highest BCUT2D eigenvalue weighted by Gasteiger charge is 2.11. The third kappa shape index (κ3) is 5.54. The Labute approximate surface area is 207 Å². The summed E-state index contributed by atoms with van der Waals surface area (Å²) in [5.41, 5.74) is 4.69. The van der Waals surface area contributed by atoms with Gasteiger partial charge < -0.3 is 10.1 Å². The van der Waals surface area contributed by atoms with Crippen molar-refractivity contribution in [1.82, 2.24) is 0 Å². The van der Waals surface area contributed by atoms with Gasteiger partial charge in [0.25, 0.3) is 5.91 Å². The van der Waals surface area contributed by atoms with Crippen LogP contribution in [0.15, 0.2) is 88.9 Å². The first kappa shape index (κ1) is 23.3. The SMILES string of the molecule is Cc1ccc(NC(=O)/C(C#N)=C/c2ccc(OCc3ccc4ccccc4c3)c(Br)c2)cc1C. The number of carbonyl (C=O) groups is 1. The molecule has 168 valence electrons. The van der Waals surface area contributed by atoms with Crippen molar-refractivity contribution in [1.29, 1.82) is 5.26 Å². The summed E-state index contributed by atoms with van der Waals surface area (Å²) in [7, 11) is 0. The fourth-order valence-corrected chi connectivity index (χ4v) is 4.06. The zero-order chi connectivity index (χ0) is 24.1. The van der Waals surface area contributed by atoms with Crippen LogP contribution in [0.3, 0.4) is 0 Å². The maximum absolute atomic E-state index is 12.6. The third-order valence-electron chi connectivity index (χ3n) is 5.61. The average molecular weight is 511 g/mol. The van der Waals surface area contributed by atoms with Crippen LogP contribution in [-0.2, 0) is 11.4 Å². The molecule has 1 amide bonds. The van der Waals surface area contributed by atoms with E-state index in [1.54, 1.807) is 6.08 Å². The summed E-state index contributed by atoms with van der Waals surface area (Å²) in [5.74, 6) is 0.238. The van der Waals surface area contributed by atoms with Crippen LogP contribution in [0.5, 0.6) is 5.75 Å². The fourth-order valence-electron chi connectivity index (χ4n) is 3.55. The summed E-state index contributed by atoms with van der Waals surface area (Å²) >= 11 is 3.54. The lowest BCUT2D eigenvalue weighted by Gasteiger charge is -2.10. The second-order valence-electron chi connectivity index (χ2n) is 8.08. The monoisotopic (exact) mass is 510 g/mol. The predicted octanol–water partition coefficient (Wildman–Crippen LogP) is 7.34. The number of aryl methyl sites for hydroxylation is 2. The van der Waals surface area contributed by atoms with Crippen LogP contribution < -0.4 is 10.1 Å². The number of anilines is 1. The Morgan fingerprint density at radius 3 is 2.50 bits per heavy atom. The van der Waals surface area contributed by atoms with Crippen LogP contribution in [0.25, 0.3) is 16.8 Å². The maximum atomic E-state index is 12.6. The van der Waals surface area contributed by atoms with Gasteiger partial charge >= 0.3 is 0 Å². The first-order valence-corrected chi connectivity index (χ1v) is 11.6. The second-order valence-corrected chi connectivity index (χ2v) is 8.94. The Morgan fingerprint density at radius 1 is 0.971 bits per heavy atom. The second kappa shape index (κ2) is 10.4. The summed E-state index contributed by atoms with van der Waals surface area (Å²) in [6, 6.07) is 27.6. The van der Waals surface area contributed by atoms with Crippen molar-refractivity contribution in [3.8, 4) is 11.8 Å². The number of nitrogens with zero attached hydrogens (tertiary/aromatic N) is 1. The topological polar surface area (TPSA) is 62.1 Å². The number of carbonyl (C=O) groups excluding carboxylic acids is 1. The van der Waals surface area contributed by atoms with Crippen LogP contribution in [0.2, 0.25) is 0 Å². The summed E-state index contributed by atoms with van der Waals surface area (Å²) in [5, 5.41) is 14.7. The molecule has 4 nitrogen and oxygen atoms in total. The Hall–Kier alpha value is -3.88. The van der Waals surface area contributed by atoms with Crippen molar-refractivity contribution in [2.45, 2.75) is 20.5 Å². The normalized spacial score (nSPS) is 11.2. The number of halogens is 1. The number of nitriles is 1. The highest BCUT2D eigenvalue weighted by Crippen LogP contribution is 2.28. The smallest absolute Gasteiger partial charge is 0.266 e. The maximum Gasteiger partial charge on any atom is 0.266 e. The molecule has 4 rings (SSSR count). The van der Waals surface area contributed by atoms with Gasteiger partial charge in [0.2, 0.25) is 0 Å². The van der Waals surface area contributed by atoms with Gasteiger partial charge in [-0.05, 0) is 99.2 Å². The molecule has 0 spiro atoms. The van der Waals surface area contributed by atoms with Crippen molar-refractivity contribution in [3.63, 3.8) is 0 Å². The first-order chi connectivity index (χ1) is 16.4. The number of nitrogens with one attached hydrogen (secondary N) is 1. The number of ether oxygens (including phenoxy) is 1. The molecular formula is C29H23BrN2O2. The molecule has 0 bridgehead atoms. The van der Waals surface area contributed by atoms with E-state index >= 15 is 0 Å². The molecule has 0 unspecified atom stereocenters. The van der Waals surface area contributed by atoms with Gasteiger partial charge in [-0.1, -0.05) is 48.5 Å². The van der Waals surface area contributed by atoms with E-state index in [1.165, 1.54) is 10.8 Å². The van der Waals surface area contributed by atoms with Crippen LogP contribution in [0, 0.1) is 25.2 Å². The molecule has 4 aromatic carbocycles. The van der Waals surface area contributed by atoms with Gasteiger partial charge in [-0.15, -0.1) is 0 Å². The van der Waals surface area contributed by atoms with Gasteiger partial charge in [0, 0.05) is 5.69 Å². The lowest BCUT2D eigenvalue weighted by molar-refractivity contribution is -0.112. The standard InChI is InChI=1S/C29H23BrN2O2/c1-19-7-11-26(13-20(19)2)32-29(33)25(17-31)14-21-9-12-28(27(30)16-21)34-18-22-8-10-23-5-3-4-6-24(23)15-22/h3-16H,18H2,1-2H3,(H,32,33)/b25-14+. The molecule has 4 aromatic rings. The molecule has 0 heterocycles. The fraction of sp³-hybridized carbons (Fsp3) is 0.103. The highest BCUT2D eigenvalue weighted by atomic mass is 79.9. The minimum atomic E-state index is -0.446. The summed E-state index contributed by atoms with van der Waals surface area (Å²) in [4.78, 5) is 12.6. The third-order valence-corrected chi connectivity index (χ3v) is 6.22. The van der Waals surface area contributed by atoms with Crippen molar-refractivity contribution in [3.05, 3.63) is 111 Å².